The maximum absolute atomic E-state index is 10.5. The molecule has 0 bridgehead atoms. The summed E-state index contributed by atoms with van der Waals surface area (Å²) in [6.07, 6.45) is 0.854. The van der Waals surface area contributed by atoms with Crippen LogP contribution in [0, 0.1) is 6.92 Å². The molecule has 1 heterocycles. The summed E-state index contributed by atoms with van der Waals surface area (Å²) in [5.41, 5.74) is 2.80. The molecule has 0 aliphatic heterocycles. The molecular formula is C9H14N2O2. The molecule has 0 aliphatic rings. The van der Waals surface area contributed by atoms with Crippen LogP contribution >= 0.6 is 0 Å². The standard InChI is InChI=1S/C9H14N2O2/c1-4-7-6(2)11(3)10-8(7)5-9(12)13/h4-5H2,1-3H3,(H,12,13). The number of aromatic nitrogens is 2. The topological polar surface area (TPSA) is 55.1 Å². The van der Waals surface area contributed by atoms with Crippen molar-refractivity contribution in [2.24, 2.45) is 7.05 Å². The molecular weight excluding hydrogens is 168 g/mol. The van der Waals surface area contributed by atoms with Gasteiger partial charge in [-0.25, -0.2) is 0 Å². The summed E-state index contributed by atoms with van der Waals surface area (Å²) in [5, 5.41) is 12.8. The quantitative estimate of drug-likeness (QED) is 0.756. The number of carbonyl (C=O) groups is 1. The summed E-state index contributed by atoms with van der Waals surface area (Å²) < 4.78 is 1.73. The normalized spacial score (nSPS) is 10.4. The zero-order chi connectivity index (χ0) is 10.0. The van der Waals surface area contributed by atoms with Crippen LogP contribution in [-0.2, 0) is 24.7 Å². The summed E-state index contributed by atoms with van der Waals surface area (Å²) in [4.78, 5) is 10.5. The number of aryl methyl sites for hydroxylation is 1. The third kappa shape index (κ3) is 1.88. The second-order valence-corrected chi connectivity index (χ2v) is 3.06. The molecule has 1 aromatic heterocycles. The van der Waals surface area contributed by atoms with Crippen molar-refractivity contribution < 1.29 is 9.90 Å². The van der Waals surface area contributed by atoms with E-state index >= 15 is 0 Å². The largest absolute Gasteiger partial charge is 0.481 e. The minimum absolute atomic E-state index is 0.0187. The maximum Gasteiger partial charge on any atom is 0.309 e. The molecule has 0 unspecified atom stereocenters. The molecule has 0 amide bonds. The first-order valence-corrected chi connectivity index (χ1v) is 4.29. The lowest BCUT2D eigenvalue weighted by Crippen LogP contribution is -2.03. The van der Waals surface area contributed by atoms with Gasteiger partial charge in [0.2, 0.25) is 0 Å². The van der Waals surface area contributed by atoms with Crippen molar-refractivity contribution in [2.75, 3.05) is 0 Å². The van der Waals surface area contributed by atoms with Crippen LogP contribution in [-0.4, -0.2) is 20.9 Å². The summed E-state index contributed by atoms with van der Waals surface area (Å²) in [6.45, 7) is 3.96. The third-order valence-corrected chi connectivity index (χ3v) is 2.21. The van der Waals surface area contributed by atoms with Crippen molar-refractivity contribution in [2.45, 2.75) is 26.7 Å². The van der Waals surface area contributed by atoms with Crippen LogP contribution in [0.3, 0.4) is 0 Å². The maximum atomic E-state index is 10.5. The van der Waals surface area contributed by atoms with E-state index in [1.54, 1.807) is 4.68 Å². The molecule has 0 atom stereocenters. The third-order valence-electron chi connectivity index (χ3n) is 2.21. The minimum atomic E-state index is -0.826. The second kappa shape index (κ2) is 3.60. The number of aliphatic carboxylic acids is 1. The second-order valence-electron chi connectivity index (χ2n) is 3.06. The Morgan fingerprint density at radius 1 is 1.62 bits per heavy atom. The first-order chi connectivity index (χ1) is 6.06. The van der Waals surface area contributed by atoms with E-state index in [1.807, 2.05) is 20.9 Å². The molecule has 1 rings (SSSR count). The van der Waals surface area contributed by atoms with Gasteiger partial charge in [-0.15, -0.1) is 0 Å². The first kappa shape index (κ1) is 9.77. The number of carboxylic acid groups (broad SMARTS) is 1. The van der Waals surface area contributed by atoms with Gasteiger partial charge in [0.1, 0.15) is 0 Å². The Labute approximate surface area is 77.2 Å². The Kier molecular flexibility index (Phi) is 2.70. The lowest BCUT2D eigenvalue weighted by Gasteiger charge is -1.96. The van der Waals surface area contributed by atoms with Crippen LogP contribution in [0.5, 0.6) is 0 Å². The van der Waals surface area contributed by atoms with Crippen molar-refractivity contribution >= 4 is 5.97 Å². The van der Waals surface area contributed by atoms with Crippen LogP contribution in [0.15, 0.2) is 0 Å². The Morgan fingerprint density at radius 3 is 2.69 bits per heavy atom. The van der Waals surface area contributed by atoms with Gasteiger partial charge >= 0.3 is 5.97 Å². The van der Waals surface area contributed by atoms with Gasteiger partial charge in [0.15, 0.2) is 0 Å². The summed E-state index contributed by atoms with van der Waals surface area (Å²) in [5.74, 6) is -0.826. The summed E-state index contributed by atoms with van der Waals surface area (Å²) >= 11 is 0. The van der Waals surface area contributed by atoms with Crippen LogP contribution in [0.4, 0.5) is 0 Å². The molecule has 1 N–H and O–H groups in total. The number of hydrogen-bond acceptors (Lipinski definition) is 2. The van der Waals surface area contributed by atoms with Gasteiger partial charge in [0, 0.05) is 12.7 Å². The molecule has 0 saturated heterocycles. The minimum Gasteiger partial charge on any atom is -0.481 e. The van der Waals surface area contributed by atoms with Gasteiger partial charge in [-0.1, -0.05) is 6.92 Å². The van der Waals surface area contributed by atoms with E-state index in [0.29, 0.717) is 5.69 Å². The molecule has 4 nitrogen and oxygen atoms in total. The SMILES string of the molecule is CCc1c(CC(=O)O)nn(C)c1C. The van der Waals surface area contributed by atoms with Gasteiger partial charge in [-0.2, -0.15) is 5.10 Å². The number of carboxylic acids is 1. The van der Waals surface area contributed by atoms with E-state index in [1.165, 1.54) is 0 Å². The van der Waals surface area contributed by atoms with Crippen molar-refractivity contribution in [3.63, 3.8) is 0 Å². The molecule has 0 aliphatic carbocycles. The van der Waals surface area contributed by atoms with Gasteiger partial charge in [-0.05, 0) is 18.9 Å². The highest BCUT2D eigenvalue weighted by Crippen LogP contribution is 2.13. The molecule has 0 radical (unpaired) electrons. The van der Waals surface area contributed by atoms with Gasteiger partial charge in [0.05, 0.1) is 12.1 Å². The predicted molar refractivity (Wildman–Crippen MR) is 48.7 cm³/mol. The van der Waals surface area contributed by atoms with Gasteiger partial charge < -0.3 is 5.11 Å². The van der Waals surface area contributed by atoms with E-state index in [2.05, 4.69) is 5.10 Å². The Hall–Kier alpha value is -1.32. The van der Waals surface area contributed by atoms with Crippen LogP contribution in [0.1, 0.15) is 23.9 Å². The van der Waals surface area contributed by atoms with E-state index in [0.717, 1.165) is 17.7 Å². The zero-order valence-corrected chi connectivity index (χ0v) is 8.16. The molecule has 4 heteroatoms. The fourth-order valence-electron chi connectivity index (χ4n) is 1.47. The first-order valence-electron chi connectivity index (χ1n) is 4.29. The monoisotopic (exact) mass is 182 g/mol. The number of nitrogens with zero attached hydrogens (tertiary/aromatic N) is 2. The Morgan fingerprint density at radius 2 is 2.23 bits per heavy atom. The summed E-state index contributed by atoms with van der Waals surface area (Å²) in [7, 11) is 1.83. The fraction of sp³-hybridized carbons (Fsp3) is 0.556. The fourth-order valence-corrected chi connectivity index (χ4v) is 1.47. The lowest BCUT2D eigenvalue weighted by atomic mass is 10.1. The van der Waals surface area contributed by atoms with E-state index in [4.69, 9.17) is 5.11 Å². The number of hydrogen-bond donors (Lipinski definition) is 1. The molecule has 0 spiro atoms. The molecule has 1 aromatic rings. The average molecular weight is 182 g/mol. The van der Waals surface area contributed by atoms with Gasteiger partial charge in [-0.3, -0.25) is 9.48 Å². The van der Waals surface area contributed by atoms with Gasteiger partial charge in [0.25, 0.3) is 0 Å². The molecule has 72 valence electrons. The zero-order valence-electron chi connectivity index (χ0n) is 8.16. The highest BCUT2D eigenvalue weighted by molar-refractivity contribution is 5.70. The van der Waals surface area contributed by atoms with E-state index in [9.17, 15) is 4.79 Å². The highest BCUT2D eigenvalue weighted by atomic mass is 16.4. The smallest absolute Gasteiger partial charge is 0.309 e. The van der Waals surface area contributed by atoms with Crippen LogP contribution in [0.25, 0.3) is 0 Å². The molecule has 0 aromatic carbocycles. The molecule has 13 heavy (non-hydrogen) atoms. The average Bonchev–Trinajstić information content (AvgIpc) is 2.27. The van der Waals surface area contributed by atoms with Crippen LogP contribution in [0.2, 0.25) is 0 Å². The van der Waals surface area contributed by atoms with Crippen molar-refractivity contribution in [1.29, 1.82) is 0 Å². The molecule has 0 saturated carbocycles. The molecule has 0 fully saturated rings. The van der Waals surface area contributed by atoms with Crippen molar-refractivity contribution in [3.8, 4) is 0 Å². The van der Waals surface area contributed by atoms with Crippen molar-refractivity contribution in [1.82, 2.24) is 9.78 Å². The Bertz CT molecular complexity index is 329. The summed E-state index contributed by atoms with van der Waals surface area (Å²) in [6, 6.07) is 0. The predicted octanol–water partition coefficient (Wildman–Crippen LogP) is 0.918. The van der Waals surface area contributed by atoms with Crippen LogP contribution < -0.4 is 0 Å². The van der Waals surface area contributed by atoms with E-state index < -0.39 is 5.97 Å². The van der Waals surface area contributed by atoms with Crippen molar-refractivity contribution in [3.05, 3.63) is 17.0 Å². The Balaban J connectivity index is 3.06. The highest BCUT2D eigenvalue weighted by Gasteiger charge is 2.13. The number of rotatable bonds is 3. The lowest BCUT2D eigenvalue weighted by molar-refractivity contribution is -0.136. The van der Waals surface area contributed by atoms with E-state index in [-0.39, 0.29) is 6.42 Å².